The minimum atomic E-state index is -3.99. The van der Waals surface area contributed by atoms with Crippen LogP contribution in [0.1, 0.15) is 5.69 Å². The Morgan fingerprint density at radius 3 is 2.27 bits per heavy atom. The molecule has 0 spiro atoms. The van der Waals surface area contributed by atoms with Gasteiger partial charge in [0.05, 0.1) is 24.8 Å². The Morgan fingerprint density at radius 1 is 1.08 bits per heavy atom. The summed E-state index contributed by atoms with van der Waals surface area (Å²) in [5.74, 6) is -1.60. The van der Waals surface area contributed by atoms with Crippen molar-refractivity contribution in [2.24, 2.45) is 0 Å². The molecule has 0 amide bonds. The molecule has 0 fully saturated rings. The maximum Gasteiger partial charge on any atom is 0.343 e. The predicted octanol–water partition coefficient (Wildman–Crippen LogP) is 0.749. The van der Waals surface area contributed by atoms with Crippen LogP contribution in [0.2, 0.25) is 0 Å². The standard InChI is InChI=1S/C16H18N2O7S/c1-11-15(26(21,22)12-7-5-4-6-8-12)16(25-10-14(20)24-3)17-18(11)9-13(19)23-2/h4-8H,9-10H2,1-3H3. The van der Waals surface area contributed by atoms with E-state index in [9.17, 15) is 18.0 Å². The number of carbonyl (C=O) groups excluding carboxylic acids is 2. The van der Waals surface area contributed by atoms with Crippen LogP contribution in [0.5, 0.6) is 5.88 Å². The lowest BCUT2D eigenvalue weighted by Crippen LogP contribution is -2.15. The molecular weight excluding hydrogens is 364 g/mol. The topological polar surface area (TPSA) is 114 Å². The van der Waals surface area contributed by atoms with Gasteiger partial charge >= 0.3 is 11.9 Å². The number of nitrogens with zero attached hydrogens (tertiary/aromatic N) is 2. The molecule has 0 radical (unpaired) electrons. The number of aromatic nitrogens is 2. The number of rotatable bonds is 7. The molecule has 0 unspecified atom stereocenters. The highest BCUT2D eigenvalue weighted by Crippen LogP contribution is 2.32. The van der Waals surface area contributed by atoms with E-state index in [1.165, 1.54) is 33.3 Å². The summed E-state index contributed by atoms with van der Waals surface area (Å²) in [6, 6.07) is 7.69. The van der Waals surface area contributed by atoms with Crippen molar-refractivity contribution in [2.45, 2.75) is 23.3 Å². The van der Waals surface area contributed by atoms with Gasteiger partial charge in [-0.25, -0.2) is 13.2 Å². The molecule has 9 nitrogen and oxygen atoms in total. The van der Waals surface area contributed by atoms with Gasteiger partial charge in [-0.2, -0.15) is 0 Å². The summed E-state index contributed by atoms with van der Waals surface area (Å²) in [6.07, 6.45) is 0. The van der Waals surface area contributed by atoms with Crippen LogP contribution in [0.25, 0.3) is 0 Å². The van der Waals surface area contributed by atoms with Crippen LogP contribution < -0.4 is 4.74 Å². The number of ether oxygens (including phenoxy) is 3. The van der Waals surface area contributed by atoms with Crippen LogP contribution in [0.15, 0.2) is 40.1 Å². The molecule has 26 heavy (non-hydrogen) atoms. The first-order chi connectivity index (χ1) is 12.3. The van der Waals surface area contributed by atoms with Gasteiger partial charge in [-0.1, -0.05) is 18.2 Å². The molecule has 140 valence electrons. The van der Waals surface area contributed by atoms with Crippen molar-refractivity contribution >= 4 is 21.8 Å². The quantitative estimate of drug-likeness (QED) is 0.645. The molecule has 0 bridgehead atoms. The zero-order valence-corrected chi connectivity index (χ0v) is 15.3. The molecule has 0 atom stereocenters. The number of hydrogen-bond acceptors (Lipinski definition) is 8. The third-order valence-corrected chi connectivity index (χ3v) is 5.40. The largest absolute Gasteiger partial charge is 0.468 e. The molecule has 0 aliphatic rings. The van der Waals surface area contributed by atoms with Crippen molar-refractivity contribution in [3.63, 3.8) is 0 Å². The second-order valence-corrected chi connectivity index (χ2v) is 7.02. The average molecular weight is 382 g/mol. The molecular formula is C16H18N2O7S. The molecule has 1 heterocycles. The first-order valence-corrected chi connectivity index (χ1v) is 8.93. The monoisotopic (exact) mass is 382 g/mol. The molecule has 0 aliphatic heterocycles. The molecule has 1 aromatic heterocycles. The van der Waals surface area contributed by atoms with E-state index in [0.717, 1.165) is 4.68 Å². The van der Waals surface area contributed by atoms with E-state index in [2.05, 4.69) is 14.6 Å². The number of methoxy groups -OCH3 is 2. The molecule has 2 rings (SSSR count). The van der Waals surface area contributed by atoms with Crippen molar-refractivity contribution in [1.29, 1.82) is 0 Å². The number of sulfone groups is 1. The van der Waals surface area contributed by atoms with E-state index in [4.69, 9.17) is 4.74 Å². The van der Waals surface area contributed by atoms with Gasteiger partial charge in [0.2, 0.25) is 9.84 Å². The third kappa shape index (κ3) is 4.02. The molecule has 0 N–H and O–H groups in total. The Bertz CT molecular complexity index is 904. The summed E-state index contributed by atoms with van der Waals surface area (Å²) in [7, 11) is -1.61. The van der Waals surface area contributed by atoms with Gasteiger partial charge in [0.15, 0.2) is 11.5 Å². The van der Waals surface area contributed by atoms with Gasteiger partial charge in [-0.15, -0.1) is 5.10 Å². The SMILES string of the molecule is COC(=O)COc1nn(CC(=O)OC)c(C)c1S(=O)(=O)c1ccccc1. The minimum Gasteiger partial charge on any atom is -0.468 e. The lowest BCUT2D eigenvalue weighted by molar-refractivity contribution is -0.143. The first kappa shape index (κ1) is 19.4. The fraction of sp³-hybridized carbons (Fsp3) is 0.312. The highest BCUT2D eigenvalue weighted by molar-refractivity contribution is 7.91. The predicted molar refractivity (Wildman–Crippen MR) is 88.4 cm³/mol. The number of esters is 2. The Balaban J connectivity index is 2.54. The van der Waals surface area contributed by atoms with Gasteiger partial charge in [0.1, 0.15) is 6.54 Å². The highest BCUT2D eigenvalue weighted by Gasteiger charge is 2.30. The molecule has 10 heteroatoms. The Hall–Kier alpha value is -2.88. The molecule has 2 aromatic rings. The van der Waals surface area contributed by atoms with Crippen molar-refractivity contribution in [2.75, 3.05) is 20.8 Å². The summed E-state index contributed by atoms with van der Waals surface area (Å²) < 4.78 is 41.4. The Morgan fingerprint density at radius 2 is 1.69 bits per heavy atom. The maximum atomic E-state index is 13.0. The van der Waals surface area contributed by atoms with E-state index in [1.807, 2.05) is 0 Å². The van der Waals surface area contributed by atoms with Crippen LogP contribution in [0, 0.1) is 6.92 Å². The second kappa shape index (κ2) is 8.00. The second-order valence-electron chi connectivity index (χ2n) is 5.13. The minimum absolute atomic E-state index is 0.0311. The van der Waals surface area contributed by atoms with Gasteiger partial charge in [0, 0.05) is 0 Å². The van der Waals surface area contributed by atoms with Crippen LogP contribution in [-0.4, -0.2) is 51.0 Å². The molecule has 0 saturated carbocycles. The summed E-state index contributed by atoms with van der Waals surface area (Å²) in [6.45, 7) is 0.653. The van der Waals surface area contributed by atoms with Crippen LogP contribution >= 0.6 is 0 Å². The van der Waals surface area contributed by atoms with Gasteiger partial charge in [-0.3, -0.25) is 9.48 Å². The molecule has 1 aromatic carbocycles. The van der Waals surface area contributed by atoms with E-state index in [-0.39, 0.29) is 27.9 Å². The van der Waals surface area contributed by atoms with Crippen molar-refractivity contribution in [1.82, 2.24) is 9.78 Å². The summed E-state index contributed by atoms with van der Waals surface area (Å²) in [4.78, 5) is 22.7. The van der Waals surface area contributed by atoms with Crippen LogP contribution in [-0.2, 0) is 35.4 Å². The summed E-state index contributed by atoms with van der Waals surface area (Å²) in [5.41, 5.74) is 0.180. The van der Waals surface area contributed by atoms with Gasteiger partial charge in [-0.05, 0) is 19.1 Å². The molecule has 0 aliphatic carbocycles. The lowest BCUT2D eigenvalue weighted by Gasteiger charge is -2.07. The van der Waals surface area contributed by atoms with Crippen molar-refractivity contribution < 1.29 is 32.2 Å². The molecule has 0 saturated heterocycles. The van der Waals surface area contributed by atoms with E-state index < -0.39 is 28.4 Å². The summed E-state index contributed by atoms with van der Waals surface area (Å²) >= 11 is 0. The van der Waals surface area contributed by atoms with Gasteiger partial charge in [0.25, 0.3) is 5.88 Å². The number of hydrogen-bond donors (Lipinski definition) is 0. The Kier molecular flexibility index (Phi) is 5.98. The number of carbonyl (C=O) groups is 2. The third-order valence-electron chi connectivity index (χ3n) is 3.50. The fourth-order valence-corrected chi connectivity index (χ4v) is 3.73. The fourth-order valence-electron chi connectivity index (χ4n) is 2.15. The smallest absolute Gasteiger partial charge is 0.343 e. The van der Waals surface area contributed by atoms with E-state index in [1.54, 1.807) is 18.2 Å². The maximum absolute atomic E-state index is 13.0. The lowest BCUT2D eigenvalue weighted by atomic mass is 10.4. The van der Waals surface area contributed by atoms with Crippen molar-refractivity contribution in [3.8, 4) is 5.88 Å². The number of benzene rings is 1. The van der Waals surface area contributed by atoms with Gasteiger partial charge < -0.3 is 14.2 Å². The van der Waals surface area contributed by atoms with E-state index in [0.29, 0.717) is 0 Å². The average Bonchev–Trinajstić information content (AvgIpc) is 2.96. The summed E-state index contributed by atoms with van der Waals surface area (Å²) in [5, 5.41) is 4.00. The zero-order valence-electron chi connectivity index (χ0n) is 14.5. The Labute approximate surface area is 150 Å². The zero-order chi connectivity index (χ0) is 19.3. The van der Waals surface area contributed by atoms with Crippen LogP contribution in [0.4, 0.5) is 0 Å². The van der Waals surface area contributed by atoms with Crippen molar-refractivity contribution in [3.05, 3.63) is 36.0 Å². The first-order valence-electron chi connectivity index (χ1n) is 7.45. The van der Waals surface area contributed by atoms with Crippen LogP contribution in [0.3, 0.4) is 0 Å². The normalized spacial score (nSPS) is 11.0. The van der Waals surface area contributed by atoms with E-state index >= 15 is 0 Å². The highest BCUT2D eigenvalue weighted by atomic mass is 32.2.